The van der Waals surface area contributed by atoms with Crippen molar-refractivity contribution in [3.63, 3.8) is 0 Å². The predicted molar refractivity (Wildman–Crippen MR) is 66.0 cm³/mol. The van der Waals surface area contributed by atoms with Gasteiger partial charge >= 0.3 is 5.97 Å². The summed E-state index contributed by atoms with van der Waals surface area (Å²) in [6, 6.07) is 7.98. The Labute approximate surface area is 102 Å². The lowest BCUT2D eigenvalue weighted by molar-refractivity contribution is -0.139. The van der Waals surface area contributed by atoms with E-state index in [4.69, 9.17) is 4.74 Å². The quantitative estimate of drug-likeness (QED) is 0.768. The third kappa shape index (κ3) is 4.07. The molecule has 0 saturated carbocycles. The van der Waals surface area contributed by atoms with Crippen LogP contribution in [0.15, 0.2) is 24.3 Å². The van der Waals surface area contributed by atoms with Crippen LogP contribution in [0.2, 0.25) is 0 Å². The minimum absolute atomic E-state index is 0.153. The first-order valence-electron chi connectivity index (χ1n) is 5.65. The Morgan fingerprint density at radius 2 is 1.94 bits per heavy atom. The van der Waals surface area contributed by atoms with Crippen molar-refractivity contribution >= 4 is 5.97 Å². The molecule has 0 aromatic heterocycles. The molecule has 0 spiro atoms. The fourth-order valence-corrected chi connectivity index (χ4v) is 1.61. The van der Waals surface area contributed by atoms with E-state index in [1.165, 1.54) is 7.11 Å². The molecule has 4 heteroatoms. The summed E-state index contributed by atoms with van der Waals surface area (Å²) < 4.78 is 9.70. The summed E-state index contributed by atoms with van der Waals surface area (Å²) in [7, 11) is 3.03. The maximum absolute atomic E-state index is 11.1. The van der Waals surface area contributed by atoms with Gasteiger partial charge in [-0.2, -0.15) is 0 Å². The predicted octanol–water partition coefficient (Wildman–Crippen LogP) is 1.91. The molecule has 1 aromatic rings. The number of esters is 1. The van der Waals surface area contributed by atoms with E-state index in [0.29, 0.717) is 0 Å². The van der Waals surface area contributed by atoms with Gasteiger partial charge < -0.3 is 14.8 Å². The summed E-state index contributed by atoms with van der Waals surface area (Å²) >= 11 is 0. The Morgan fingerprint density at radius 1 is 1.29 bits per heavy atom. The molecule has 1 N–H and O–H groups in total. The van der Waals surface area contributed by atoms with Crippen molar-refractivity contribution in [3.8, 4) is 5.75 Å². The highest BCUT2D eigenvalue weighted by molar-refractivity contribution is 5.71. The lowest BCUT2D eigenvalue weighted by atomic mass is 10.0. The molecule has 0 radical (unpaired) electrons. The van der Waals surface area contributed by atoms with Crippen LogP contribution in [0.3, 0.4) is 0 Å². The number of ether oxygens (including phenoxy) is 2. The van der Waals surface area contributed by atoms with Crippen LogP contribution in [0.5, 0.6) is 5.75 Å². The van der Waals surface area contributed by atoms with Crippen LogP contribution in [-0.4, -0.2) is 26.7 Å². The molecule has 1 atom stereocenters. The first kappa shape index (κ1) is 13.5. The number of hydrogen-bond acceptors (Lipinski definition) is 4. The van der Waals surface area contributed by atoms with Crippen molar-refractivity contribution in [2.75, 3.05) is 20.8 Å². The van der Waals surface area contributed by atoms with Crippen LogP contribution >= 0.6 is 0 Å². The topological polar surface area (TPSA) is 47.6 Å². The minimum Gasteiger partial charge on any atom is -0.497 e. The Bertz CT molecular complexity index is 348. The van der Waals surface area contributed by atoms with E-state index in [-0.39, 0.29) is 18.6 Å². The summed E-state index contributed by atoms with van der Waals surface area (Å²) in [5.74, 6) is 0.577. The normalized spacial score (nSPS) is 11.9. The molecular weight excluding hydrogens is 218 g/mol. The number of hydrogen-bond donors (Lipinski definition) is 1. The van der Waals surface area contributed by atoms with E-state index in [0.717, 1.165) is 17.7 Å². The van der Waals surface area contributed by atoms with Gasteiger partial charge in [0, 0.05) is 6.04 Å². The third-order valence-corrected chi connectivity index (χ3v) is 2.65. The first-order valence-corrected chi connectivity index (χ1v) is 5.65. The third-order valence-electron chi connectivity index (χ3n) is 2.65. The van der Waals surface area contributed by atoms with Gasteiger partial charge in [-0.25, -0.2) is 0 Å². The van der Waals surface area contributed by atoms with E-state index in [1.54, 1.807) is 7.11 Å². The molecule has 0 amide bonds. The molecule has 0 aliphatic carbocycles. The van der Waals surface area contributed by atoms with Crippen LogP contribution in [-0.2, 0) is 9.53 Å². The van der Waals surface area contributed by atoms with E-state index >= 15 is 0 Å². The fraction of sp³-hybridized carbons (Fsp3) is 0.462. The molecule has 0 aliphatic rings. The standard InChI is InChI=1S/C13H19NO3/c1-4-12(14-9-13(15)17-3)10-5-7-11(16-2)8-6-10/h5-8,12,14H,4,9H2,1-3H3. The number of carbonyl (C=O) groups excluding carboxylic acids is 1. The second-order valence-corrected chi connectivity index (χ2v) is 3.69. The monoisotopic (exact) mass is 237 g/mol. The SMILES string of the molecule is CCC(NCC(=O)OC)c1ccc(OC)cc1. The van der Waals surface area contributed by atoms with Crippen molar-refractivity contribution in [3.05, 3.63) is 29.8 Å². The van der Waals surface area contributed by atoms with Gasteiger partial charge in [-0.15, -0.1) is 0 Å². The van der Waals surface area contributed by atoms with Gasteiger partial charge in [0.15, 0.2) is 0 Å². The summed E-state index contributed by atoms with van der Waals surface area (Å²) in [5, 5.41) is 3.16. The van der Waals surface area contributed by atoms with Crippen LogP contribution in [0.25, 0.3) is 0 Å². The van der Waals surface area contributed by atoms with Gasteiger partial charge in [-0.1, -0.05) is 19.1 Å². The zero-order valence-electron chi connectivity index (χ0n) is 10.5. The Balaban J connectivity index is 2.62. The second-order valence-electron chi connectivity index (χ2n) is 3.69. The number of rotatable bonds is 6. The summed E-state index contributed by atoms with van der Waals surface area (Å²) in [6.07, 6.45) is 0.906. The van der Waals surface area contributed by atoms with Gasteiger partial charge in [0.1, 0.15) is 5.75 Å². The molecule has 1 aromatic carbocycles. The highest BCUT2D eigenvalue weighted by Gasteiger charge is 2.10. The van der Waals surface area contributed by atoms with Crippen molar-refractivity contribution in [1.29, 1.82) is 0 Å². The largest absolute Gasteiger partial charge is 0.497 e. The minimum atomic E-state index is -0.253. The molecule has 0 aliphatic heterocycles. The van der Waals surface area contributed by atoms with Crippen molar-refractivity contribution in [2.24, 2.45) is 0 Å². The van der Waals surface area contributed by atoms with Crippen molar-refractivity contribution in [1.82, 2.24) is 5.32 Å². The molecule has 0 fully saturated rings. The Morgan fingerprint density at radius 3 is 2.41 bits per heavy atom. The number of nitrogens with one attached hydrogen (secondary N) is 1. The maximum Gasteiger partial charge on any atom is 0.319 e. The molecule has 1 unspecified atom stereocenters. The highest BCUT2D eigenvalue weighted by Crippen LogP contribution is 2.19. The van der Waals surface area contributed by atoms with Gasteiger partial charge in [-0.3, -0.25) is 4.79 Å². The molecular formula is C13H19NO3. The molecule has 17 heavy (non-hydrogen) atoms. The van der Waals surface area contributed by atoms with E-state index in [1.807, 2.05) is 24.3 Å². The average Bonchev–Trinajstić information content (AvgIpc) is 2.39. The Kier molecular flexibility index (Phi) is 5.49. The summed E-state index contributed by atoms with van der Waals surface area (Å²) in [6.45, 7) is 2.29. The maximum atomic E-state index is 11.1. The zero-order valence-corrected chi connectivity index (χ0v) is 10.5. The highest BCUT2D eigenvalue weighted by atomic mass is 16.5. The zero-order chi connectivity index (χ0) is 12.7. The second kappa shape index (κ2) is 6.91. The van der Waals surface area contributed by atoms with Crippen LogP contribution in [0.4, 0.5) is 0 Å². The average molecular weight is 237 g/mol. The van der Waals surface area contributed by atoms with Gasteiger partial charge in [0.05, 0.1) is 20.8 Å². The molecule has 4 nitrogen and oxygen atoms in total. The molecule has 94 valence electrons. The number of benzene rings is 1. The van der Waals surface area contributed by atoms with Crippen LogP contribution < -0.4 is 10.1 Å². The van der Waals surface area contributed by atoms with E-state index in [2.05, 4.69) is 17.0 Å². The van der Waals surface area contributed by atoms with Gasteiger partial charge in [0.2, 0.25) is 0 Å². The lowest BCUT2D eigenvalue weighted by Gasteiger charge is -2.16. The lowest BCUT2D eigenvalue weighted by Crippen LogP contribution is -2.27. The Hall–Kier alpha value is -1.55. The fourth-order valence-electron chi connectivity index (χ4n) is 1.61. The molecule has 1 rings (SSSR count). The number of methoxy groups -OCH3 is 2. The van der Waals surface area contributed by atoms with E-state index < -0.39 is 0 Å². The first-order chi connectivity index (χ1) is 8.21. The van der Waals surface area contributed by atoms with Gasteiger partial charge in [0.25, 0.3) is 0 Å². The van der Waals surface area contributed by atoms with Gasteiger partial charge in [-0.05, 0) is 24.1 Å². The van der Waals surface area contributed by atoms with E-state index in [9.17, 15) is 4.79 Å². The van der Waals surface area contributed by atoms with Crippen molar-refractivity contribution < 1.29 is 14.3 Å². The molecule has 0 heterocycles. The van der Waals surface area contributed by atoms with Crippen molar-refractivity contribution in [2.45, 2.75) is 19.4 Å². The number of carbonyl (C=O) groups is 1. The smallest absolute Gasteiger partial charge is 0.319 e. The van der Waals surface area contributed by atoms with Crippen LogP contribution in [0.1, 0.15) is 24.9 Å². The molecule has 0 saturated heterocycles. The summed E-state index contributed by atoms with van der Waals surface area (Å²) in [5.41, 5.74) is 1.14. The summed E-state index contributed by atoms with van der Waals surface area (Å²) in [4.78, 5) is 11.1. The molecule has 0 bridgehead atoms. The van der Waals surface area contributed by atoms with Crippen LogP contribution in [0, 0.1) is 0 Å².